The molecule has 1 saturated heterocycles. The summed E-state index contributed by atoms with van der Waals surface area (Å²) in [5.41, 5.74) is -1.20. The first-order chi connectivity index (χ1) is 26.6. The molecule has 7 atom stereocenters. The molecule has 4 aliphatic rings. The van der Waals surface area contributed by atoms with Crippen molar-refractivity contribution in [3.05, 3.63) is 0 Å². The zero-order valence-corrected chi connectivity index (χ0v) is 40.6. The third-order valence-corrected chi connectivity index (χ3v) is 10.9. The first-order valence-electron chi connectivity index (χ1n) is 22.9. The number of ether oxygens (including phenoxy) is 3. The van der Waals surface area contributed by atoms with E-state index in [9.17, 15) is 19.2 Å². The molecule has 0 aromatic rings. The lowest BCUT2D eigenvalue weighted by atomic mass is 9.87. The van der Waals surface area contributed by atoms with Gasteiger partial charge >= 0.3 is 18.3 Å². The molecule has 4 fully saturated rings. The number of hydrogen-bond acceptors (Lipinski definition) is 7. The molecule has 1 heterocycles. The van der Waals surface area contributed by atoms with E-state index in [2.05, 4.69) is 69.7 Å². The van der Waals surface area contributed by atoms with Crippen LogP contribution in [0.25, 0.3) is 0 Å². The number of rotatable bonds is 6. The van der Waals surface area contributed by atoms with Gasteiger partial charge in [0.15, 0.2) is 0 Å². The van der Waals surface area contributed by atoms with Gasteiger partial charge in [0.05, 0.1) is 0 Å². The summed E-state index contributed by atoms with van der Waals surface area (Å²) in [6.07, 6.45) is 11.2. The number of amides is 4. The monoisotopic (exact) mass is 825 g/mol. The molecule has 3 saturated carbocycles. The third kappa shape index (κ3) is 27.1. The Bertz CT molecular complexity index is 1130. The van der Waals surface area contributed by atoms with Crippen molar-refractivity contribution in [2.24, 2.45) is 41.4 Å². The Labute approximate surface area is 356 Å². The van der Waals surface area contributed by atoms with E-state index >= 15 is 0 Å². The highest BCUT2D eigenvalue weighted by atomic mass is 16.6. The number of hydrogen-bond donors (Lipinski definition) is 4. The molecular weight excluding hydrogens is 733 g/mol. The predicted molar refractivity (Wildman–Crippen MR) is 239 cm³/mol. The van der Waals surface area contributed by atoms with Crippen LogP contribution in [0.15, 0.2) is 0 Å². The van der Waals surface area contributed by atoms with Crippen LogP contribution in [0.3, 0.4) is 0 Å². The van der Waals surface area contributed by atoms with Crippen molar-refractivity contribution in [2.45, 2.75) is 230 Å². The molecule has 3 aliphatic carbocycles. The summed E-state index contributed by atoms with van der Waals surface area (Å²) >= 11 is 0. The summed E-state index contributed by atoms with van der Waals surface area (Å²) < 4.78 is 15.7. The number of carbonyl (C=O) groups is 4. The normalized spacial score (nSPS) is 25.6. The molecule has 1 unspecified atom stereocenters. The Morgan fingerprint density at radius 3 is 1.10 bits per heavy atom. The molecule has 342 valence electrons. The van der Waals surface area contributed by atoms with Crippen molar-refractivity contribution in [1.82, 2.24) is 21.3 Å². The maximum absolute atomic E-state index is 11.6. The summed E-state index contributed by atoms with van der Waals surface area (Å²) in [6, 6.07) is 0.935. The first-order valence-corrected chi connectivity index (χ1v) is 22.9. The Morgan fingerprint density at radius 2 is 0.862 bits per heavy atom. The topological polar surface area (TPSA) is 144 Å². The van der Waals surface area contributed by atoms with Crippen LogP contribution >= 0.6 is 0 Å². The van der Waals surface area contributed by atoms with E-state index in [1.165, 1.54) is 19.3 Å². The summed E-state index contributed by atoms with van der Waals surface area (Å²) in [4.78, 5) is 45.4. The van der Waals surface area contributed by atoms with Gasteiger partial charge in [0, 0.05) is 31.1 Å². The smallest absolute Gasteiger partial charge is 0.407 e. The second-order valence-electron chi connectivity index (χ2n) is 20.9. The lowest BCUT2D eigenvalue weighted by molar-refractivity contribution is -0.123. The van der Waals surface area contributed by atoms with Crippen LogP contribution in [-0.2, 0) is 19.0 Å². The van der Waals surface area contributed by atoms with Gasteiger partial charge in [0.25, 0.3) is 0 Å². The van der Waals surface area contributed by atoms with Gasteiger partial charge in [-0.05, 0) is 168 Å². The van der Waals surface area contributed by atoms with E-state index in [0.29, 0.717) is 41.8 Å². The zero-order valence-electron chi connectivity index (χ0n) is 40.6. The maximum atomic E-state index is 11.6. The van der Waals surface area contributed by atoms with Crippen molar-refractivity contribution in [3.8, 4) is 0 Å². The average molecular weight is 825 g/mol. The van der Waals surface area contributed by atoms with Crippen molar-refractivity contribution in [3.63, 3.8) is 0 Å². The third-order valence-electron chi connectivity index (χ3n) is 10.9. The van der Waals surface area contributed by atoms with E-state index < -0.39 is 16.8 Å². The molecule has 0 aromatic heterocycles. The van der Waals surface area contributed by atoms with Crippen LogP contribution < -0.4 is 21.3 Å². The van der Waals surface area contributed by atoms with E-state index in [-0.39, 0.29) is 24.2 Å². The van der Waals surface area contributed by atoms with Gasteiger partial charge in [-0.25, -0.2) is 14.4 Å². The molecular formula is C47H92N4O7. The summed E-state index contributed by atoms with van der Waals surface area (Å²) in [7, 11) is 0. The second-order valence-corrected chi connectivity index (χ2v) is 20.9. The molecule has 4 N–H and O–H groups in total. The number of nitrogens with one attached hydrogen (secondary N) is 4. The minimum absolute atomic E-state index is 0.227. The van der Waals surface area contributed by atoms with Crippen molar-refractivity contribution in [2.75, 3.05) is 6.54 Å². The number of alkyl carbamates (subject to hydrolysis) is 3. The van der Waals surface area contributed by atoms with Gasteiger partial charge < -0.3 is 35.5 Å². The molecule has 58 heavy (non-hydrogen) atoms. The van der Waals surface area contributed by atoms with Crippen molar-refractivity contribution < 1.29 is 33.4 Å². The largest absolute Gasteiger partial charge is 0.444 e. The van der Waals surface area contributed by atoms with E-state index in [1.54, 1.807) is 0 Å². The van der Waals surface area contributed by atoms with E-state index in [4.69, 9.17) is 14.2 Å². The number of carbonyl (C=O) groups excluding carboxylic acids is 4. The van der Waals surface area contributed by atoms with Gasteiger partial charge in [-0.2, -0.15) is 0 Å². The van der Waals surface area contributed by atoms with Crippen LogP contribution in [0.2, 0.25) is 0 Å². The van der Waals surface area contributed by atoms with Crippen LogP contribution in [0.4, 0.5) is 14.4 Å². The van der Waals surface area contributed by atoms with Crippen LogP contribution in [0.5, 0.6) is 0 Å². The molecule has 11 heteroatoms. The average Bonchev–Trinajstić information content (AvgIpc) is 3.82. The molecule has 0 aromatic carbocycles. The lowest BCUT2D eigenvalue weighted by Crippen LogP contribution is -2.38. The fourth-order valence-corrected chi connectivity index (χ4v) is 7.65. The molecule has 0 spiro atoms. The fourth-order valence-electron chi connectivity index (χ4n) is 7.65. The standard InChI is InChI=1S/2C13H25NO2.C11H21NO2.C8H15NO.C2H6/c2*1-9(2)10-6-7-11(8-10)14-12(15)16-13(3,4)5;1-8-5-6-9(7-8)12-10(13)14-11(2,3)4;1-6(2)7-3-4-9-8(10)5-7;1-2/h2*9-11H,6-8H2,1-5H3,(H,14,15);8-9H,5-7H2,1-4H3,(H,12,13);6-7H,3-5H2,1-2H3,(H,9,10);1-2H3/t10-,11+;10-,11-;8-,9+;;/m011../s1. The van der Waals surface area contributed by atoms with Gasteiger partial charge in [-0.1, -0.05) is 62.3 Å². The van der Waals surface area contributed by atoms with Crippen LogP contribution in [0, 0.1) is 41.4 Å². The van der Waals surface area contributed by atoms with Crippen molar-refractivity contribution in [1.29, 1.82) is 0 Å². The summed E-state index contributed by atoms with van der Waals surface area (Å²) in [5.74, 6) is 5.16. The van der Waals surface area contributed by atoms with Gasteiger partial charge in [0.2, 0.25) is 5.91 Å². The van der Waals surface area contributed by atoms with E-state index in [0.717, 1.165) is 75.7 Å². The quantitative estimate of drug-likeness (QED) is 0.195. The fraction of sp³-hybridized carbons (Fsp3) is 0.915. The highest BCUT2D eigenvalue weighted by Gasteiger charge is 2.31. The molecule has 4 amide bonds. The van der Waals surface area contributed by atoms with Gasteiger partial charge in [-0.3, -0.25) is 4.79 Å². The molecule has 4 rings (SSSR count). The SMILES string of the molecule is CC.CC(C)C1CCNC(=O)C1.CC(C)[C@@H]1CC[C@@H](NC(=O)OC(C)(C)C)C1.CC(C)[C@H]1CC[C@@H](NC(=O)OC(C)(C)C)C1.C[C@@H]1CC[C@H](NC(=O)OC(C)(C)C)C1. The Balaban J connectivity index is 0.000000745. The Hall–Kier alpha value is -2.72. The first kappa shape index (κ1) is 55.3. The Morgan fingerprint density at radius 1 is 0.534 bits per heavy atom. The number of piperidine rings is 1. The van der Waals surface area contributed by atoms with Crippen LogP contribution in [0.1, 0.15) is 195 Å². The minimum atomic E-state index is -0.403. The summed E-state index contributed by atoms with van der Waals surface area (Å²) in [5, 5.41) is 11.7. The Kier molecular flexibility index (Phi) is 25.2. The lowest BCUT2D eigenvalue weighted by Gasteiger charge is -2.24. The molecule has 0 radical (unpaired) electrons. The molecule has 11 nitrogen and oxygen atoms in total. The summed E-state index contributed by atoms with van der Waals surface area (Å²) in [6.45, 7) is 37.4. The maximum Gasteiger partial charge on any atom is 0.407 e. The predicted octanol–water partition coefficient (Wildman–Crippen LogP) is 11.6. The minimum Gasteiger partial charge on any atom is -0.444 e. The highest BCUT2D eigenvalue weighted by Crippen LogP contribution is 2.32. The van der Waals surface area contributed by atoms with Crippen LogP contribution in [-0.4, -0.2) is 65.7 Å². The second kappa shape index (κ2) is 26.5. The highest BCUT2D eigenvalue weighted by molar-refractivity contribution is 5.76. The van der Waals surface area contributed by atoms with Gasteiger partial charge in [0.1, 0.15) is 16.8 Å². The van der Waals surface area contributed by atoms with E-state index in [1.807, 2.05) is 76.2 Å². The molecule has 1 aliphatic heterocycles. The van der Waals surface area contributed by atoms with Crippen molar-refractivity contribution >= 4 is 24.2 Å². The molecule has 0 bridgehead atoms. The zero-order chi connectivity index (χ0) is 45.0. The van der Waals surface area contributed by atoms with Gasteiger partial charge in [-0.15, -0.1) is 0 Å².